The maximum absolute atomic E-state index is 12.5. The number of rotatable bonds is 5. The van der Waals surface area contributed by atoms with Crippen LogP contribution in [0.2, 0.25) is 0 Å². The summed E-state index contributed by atoms with van der Waals surface area (Å²) >= 11 is 1.17. The van der Waals surface area contributed by atoms with Crippen LogP contribution < -0.4 is 4.72 Å². The molecule has 0 aliphatic carbocycles. The van der Waals surface area contributed by atoms with Crippen molar-refractivity contribution in [1.82, 2.24) is 4.72 Å². The minimum absolute atomic E-state index is 0.411. The van der Waals surface area contributed by atoms with E-state index < -0.39 is 37.8 Å². The fraction of sp³-hybridized carbons (Fsp3) is 0.188. The number of alkyl halides is 3. The van der Waals surface area contributed by atoms with Gasteiger partial charge in [-0.1, -0.05) is 18.2 Å². The Bertz CT molecular complexity index is 835. The molecule has 9 heteroatoms. The van der Waals surface area contributed by atoms with E-state index in [1.807, 2.05) is 10.8 Å². The second-order valence-electron chi connectivity index (χ2n) is 5.07. The van der Waals surface area contributed by atoms with Crippen LogP contribution in [0.5, 0.6) is 0 Å². The fourth-order valence-corrected chi connectivity index (χ4v) is 3.87. The van der Waals surface area contributed by atoms with Gasteiger partial charge in [0.25, 0.3) is 10.0 Å². The molecule has 0 heterocycles. The minimum Gasteiger partial charge on any atom is -0.273 e. The van der Waals surface area contributed by atoms with Crippen LogP contribution in [0, 0.1) is 0 Å². The zero-order chi connectivity index (χ0) is 18.7. The second kappa shape index (κ2) is 7.49. The summed E-state index contributed by atoms with van der Waals surface area (Å²) in [5, 5.41) is -0.702. The highest BCUT2D eigenvalue weighted by Gasteiger charge is 2.31. The first kappa shape index (κ1) is 19.3. The third-order valence-corrected chi connectivity index (χ3v) is 5.63. The van der Waals surface area contributed by atoms with Gasteiger partial charge in [0.1, 0.15) is 0 Å². The number of hydrogen-bond acceptors (Lipinski definition) is 4. The maximum Gasteiger partial charge on any atom is 0.416 e. The topological polar surface area (TPSA) is 63.2 Å². The largest absolute Gasteiger partial charge is 0.416 e. The van der Waals surface area contributed by atoms with Gasteiger partial charge in [0.15, 0.2) is 0 Å². The lowest BCUT2D eigenvalue weighted by atomic mass is 10.2. The molecule has 1 amide bonds. The van der Waals surface area contributed by atoms with Crippen molar-refractivity contribution < 1.29 is 26.4 Å². The standard InChI is InChI=1S/C16H14F3NO3S2/c1-11(24-13-5-3-2-4-6-13)15(21)20-25(22,23)14-9-7-12(8-10-14)16(17,18)19/h2-11H,1H3,(H,20,21). The summed E-state index contributed by atoms with van der Waals surface area (Å²) in [5.41, 5.74) is -0.967. The van der Waals surface area contributed by atoms with Gasteiger partial charge in [-0.05, 0) is 43.3 Å². The van der Waals surface area contributed by atoms with Crippen molar-refractivity contribution in [3.8, 4) is 0 Å². The van der Waals surface area contributed by atoms with Crippen LogP contribution in [0.15, 0.2) is 64.4 Å². The van der Waals surface area contributed by atoms with Crippen LogP contribution in [-0.4, -0.2) is 19.6 Å². The van der Waals surface area contributed by atoms with E-state index in [0.29, 0.717) is 12.1 Å². The number of sulfonamides is 1. The number of benzene rings is 2. The van der Waals surface area contributed by atoms with Crippen LogP contribution >= 0.6 is 11.8 Å². The molecule has 0 aromatic heterocycles. The third kappa shape index (κ3) is 5.23. The summed E-state index contributed by atoms with van der Waals surface area (Å²) in [6.07, 6.45) is -4.56. The molecule has 0 saturated carbocycles. The molecule has 134 valence electrons. The fourth-order valence-electron chi connectivity index (χ4n) is 1.85. The molecule has 2 rings (SSSR count). The first-order valence-electron chi connectivity index (χ1n) is 7.05. The monoisotopic (exact) mass is 389 g/mol. The van der Waals surface area contributed by atoms with Crippen molar-refractivity contribution in [2.24, 2.45) is 0 Å². The Labute approximate surface area is 147 Å². The van der Waals surface area contributed by atoms with Gasteiger partial charge in [0.05, 0.1) is 15.7 Å². The molecule has 4 nitrogen and oxygen atoms in total. The molecule has 0 saturated heterocycles. The molecule has 0 aliphatic rings. The summed E-state index contributed by atoms with van der Waals surface area (Å²) < 4.78 is 63.7. The predicted molar refractivity (Wildman–Crippen MR) is 88.5 cm³/mol. The number of nitrogens with one attached hydrogen (secondary N) is 1. The number of amides is 1. The van der Waals surface area contributed by atoms with E-state index in [-0.39, 0.29) is 0 Å². The van der Waals surface area contributed by atoms with Crippen molar-refractivity contribution in [1.29, 1.82) is 0 Å². The lowest BCUT2D eigenvalue weighted by molar-refractivity contribution is -0.137. The molecule has 25 heavy (non-hydrogen) atoms. The number of halogens is 3. The molecule has 0 fully saturated rings. The van der Waals surface area contributed by atoms with E-state index in [2.05, 4.69) is 0 Å². The van der Waals surface area contributed by atoms with Crippen LogP contribution in [0.1, 0.15) is 12.5 Å². The Morgan fingerprint density at radius 2 is 1.60 bits per heavy atom. The Kier molecular flexibility index (Phi) is 5.79. The van der Waals surface area contributed by atoms with Gasteiger partial charge >= 0.3 is 6.18 Å². The molecular weight excluding hydrogens is 375 g/mol. The molecule has 1 N–H and O–H groups in total. The number of hydrogen-bond donors (Lipinski definition) is 1. The van der Waals surface area contributed by atoms with Gasteiger partial charge in [-0.15, -0.1) is 11.8 Å². The second-order valence-corrected chi connectivity index (χ2v) is 8.16. The summed E-state index contributed by atoms with van der Waals surface area (Å²) in [6, 6.07) is 11.9. The first-order chi connectivity index (χ1) is 11.6. The summed E-state index contributed by atoms with van der Waals surface area (Å²) in [6.45, 7) is 1.54. The molecular formula is C16H14F3NO3S2. The lowest BCUT2D eigenvalue weighted by Gasteiger charge is -2.13. The molecule has 2 aromatic rings. The minimum atomic E-state index is -4.56. The van der Waals surface area contributed by atoms with Crippen molar-refractivity contribution in [3.05, 3.63) is 60.2 Å². The molecule has 1 unspecified atom stereocenters. The van der Waals surface area contributed by atoms with Gasteiger partial charge in [-0.25, -0.2) is 13.1 Å². The van der Waals surface area contributed by atoms with Gasteiger partial charge in [-0.3, -0.25) is 4.79 Å². The van der Waals surface area contributed by atoms with Crippen LogP contribution in [0.25, 0.3) is 0 Å². The molecule has 1 atom stereocenters. The van der Waals surface area contributed by atoms with Crippen molar-refractivity contribution in [3.63, 3.8) is 0 Å². The molecule has 2 aromatic carbocycles. The van der Waals surface area contributed by atoms with Gasteiger partial charge in [0, 0.05) is 4.90 Å². The summed E-state index contributed by atoms with van der Waals surface area (Å²) in [5.74, 6) is -0.756. The van der Waals surface area contributed by atoms with E-state index in [0.717, 1.165) is 17.0 Å². The summed E-state index contributed by atoms with van der Waals surface area (Å²) in [7, 11) is -4.24. The normalized spacial score (nSPS) is 13.3. The Balaban J connectivity index is 2.08. The van der Waals surface area contributed by atoms with Gasteiger partial charge < -0.3 is 0 Å². The average molecular weight is 389 g/mol. The zero-order valence-electron chi connectivity index (χ0n) is 12.9. The van der Waals surface area contributed by atoms with E-state index in [1.165, 1.54) is 18.7 Å². The Morgan fingerprint density at radius 1 is 1.04 bits per heavy atom. The van der Waals surface area contributed by atoms with Crippen LogP contribution in [0.4, 0.5) is 13.2 Å². The van der Waals surface area contributed by atoms with Gasteiger partial charge in [0.2, 0.25) is 5.91 Å². The Hall–Kier alpha value is -2.00. The quantitative estimate of drug-likeness (QED) is 0.793. The Morgan fingerprint density at radius 3 is 2.12 bits per heavy atom. The maximum atomic E-state index is 12.5. The third-order valence-electron chi connectivity index (χ3n) is 3.15. The lowest BCUT2D eigenvalue weighted by Crippen LogP contribution is -2.36. The highest BCUT2D eigenvalue weighted by molar-refractivity contribution is 8.00. The van der Waals surface area contributed by atoms with Crippen molar-refractivity contribution in [2.45, 2.75) is 28.1 Å². The van der Waals surface area contributed by atoms with E-state index >= 15 is 0 Å². The number of carbonyl (C=O) groups excluding carboxylic acids is 1. The van der Waals surface area contributed by atoms with Gasteiger partial charge in [-0.2, -0.15) is 13.2 Å². The smallest absolute Gasteiger partial charge is 0.273 e. The van der Waals surface area contributed by atoms with E-state index in [1.54, 1.807) is 24.3 Å². The molecule has 0 radical (unpaired) electrons. The number of thioether (sulfide) groups is 1. The SMILES string of the molecule is CC(Sc1ccccc1)C(=O)NS(=O)(=O)c1ccc(C(F)(F)F)cc1. The predicted octanol–water partition coefficient (Wildman–Crippen LogP) is 3.69. The molecule has 0 spiro atoms. The van der Waals surface area contributed by atoms with Crippen LogP contribution in [-0.2, 0) is 21.0 Å². The first-order valence-corrected chi connectivity index (χ1v) is 9.41. The van der Waals surface area contributed by atoms with Crippen LogP contribution in [0.3, 0.4) is 0 Å². The molecule has 0 bridgehead atoms. The number of carbonyl (C=O) groups is 1. The van der Waals surface area contributed by atoms with Crippen molar-refractivity contribution in [2.75, 3.05) is 0 Å². The highest BCUT2D eigenvalue weighted by atomic mass is 32.2. The van der Waals surface area contributed by atoms with E-state index in [4.69, 9.17) is 0 Å². The average Bonchev–Trinajstić information content (AvgIpc) is 2.54. The summed E-state index contributed by atoms with van der Waals surface area (Å²) in [4.78, 5) is 12.4. The van der Waals surface area contributed by atoms with Crippen molar-refractivity contribution >= 4 is 27.7 Å². The molecule has 0 aliphatic heterocycles. The zero-order valence-corrected chi connectivity index (χ0v) is 14.6. The highest BCUT2D eigenvalue weighted by Crippen LogP contribution is 2.29. The van der Waals surface area contributed by atoms with E-state index in [9.17, 15) is 26.4 Å².